The first-order valence-electron chi connectivity index (χ1n) is 5.52. The number of nitrogens with two attached hydrogens (primary N) is 1. The van der Waals surface area contributed by atoms with E-state index in [1.807, 2.05) is 29.1 Å². The first-order chi connectivity index (χ1) is 8.66. The Kier molecular flexibility index (Phi) is 4.66. The van der Waals surface area contributed by atoms with E-state index in [9.17, 15) is 0 Å². The van der Waals surface area contributed by atoms with Crippen LogP contribution in [0.3, 0.4) is 0 Å². The Bertz CT molecular complexity index is 508. The van der Waals surface area contributed by atoms with Gasteiger partial charge in [0.15, 0.2) is 0 Å². The predicted octanol–water partition coefficient (Wildman–Crippen LogP) is 3.46. The highest BCUT2D eigenvalue weighted by Crippen LogP contribution is 2.32. The molecule has 0 fully saturated rings. The van der Waals surface area contributed by atoms with E-state index in [0.717, 1.165) is 27.7 Å². The van der Waals surface area contributed by atoms with Gasteiger partial charge in [0.25, 0.3) is 0 Å². The van der Waals surface area contributed by atoms with Crippen LogP contribution < -0.4 is 10.5 Å². The molecule has 1 aromatic heterocycles. The van der Waals surface area contributed by atoms with Gasteiger partial charge in [-0.1, -0.05) is 6.07 Å². The molecule has 0 atom stereocenters. The minimum atomic E-state index is 0.546. The molecule has 0 aliphatic rings. The fourth-order valence-corrected chi connectivity index (χ4v) is 2.75. The van der Waals surface area contributed by atoms with Crippen LogP contribution in [-0.4, -0.2) is 16.4 Å². The quantitative estimate of drug-likeness (QED) is 0.815. The zero-order chi connectivity index (χ0) is 13.0. The van der Waals surface area contributed by atoms with Crippen LogP contribution in [0.1, 0.15) is 6.42 Å². The van der Waals surface area contributed by atoms with E-state index < -0.39 is 0 Å². The number of rotatable bonds is 5. The van der Waals surface area contributed by atoms with E-state index in [4.69, 9.17) is 10.5 Å². The molecule has 18 heavy (non-hydrogen) atoms. The van der Waals surface area contributed by atoms with E-state index >= 15 is 0 Å². The lowest BCUT2D eigenvalue weighted by molar-refractivity contribution is 0.295. The molecule has 4 nitrogen and oxygen atoms in total. The van der Waals surface area contributed by atoms with Gasteiger partial charge in [0, 0.05) is 19.2 Å². The Morgan fingerprint density at radius 3 is 2.56 bits per heavy atom. The standard InChI is InChI=1S/C12H13Br2N3O/c13-9-3-1-4-10(14)12(9)18-8-2-6-17-7-5-11(15)16-17/h1,3-5,7H,2,6,8H2,(H2,15,16). The third-order valence-electron chi connectivity index (χ3n) is 2.36. The van der Waals surface area contributed by atoms with Crippen molar-refractivity contribution < 1.29 is 4.74 Å². The van der Waals surface area contributed by atoms with Gasteiger partial charge in [-0.05, 0) is 50.1 Å². The van der Waals surface area contributed by atoms with Crippen LogP contribution in [0.15, 0.2) is 39.4 Å². The van der Waals surface area contributed by atoms with Gasteiger partial charge in [-0.3, -0.25) is 4.68 Å². The number of aryl methyl sites for hydroxylation is 1. The number of hydrogen-bond donors (Lipinski definition) is 1. The Morgan fingerprint density at radius 1 is 1.22 bits per heavy atom. The van der Waals surface area contributed by atoms with Crippen molar-refractivity contribution in [3.63, 3.8) is 0 Å². The van der Waals surface area contributed by atoms with Crippen LogP contribution in [0.2, 0.25) is 0 Å². The lowest BCUT2D eigenvalue weighted by Crippen LogP contribution is -2.06. The molecule has 0 aliphatic carbocycles. The summed E-state index contributed by atoms with van der Waals surface area (Å²) in [6.07, 6.45) is 2.73. The van der Waals surface area contributed by atoms with Crippen molar-refractivity contribution >= 4 is 37.7 Å². The van der Waals surface area contributed by atoms with Gasteiger partial charge in [0.1, 0.15) is 11.6 Å². The minimum absolute atomic E-state index is 0.546. The second kappa shape index (κ2) is 6.24. The second-order valence-corrected chi connectivity index (χ2v) is 5.47. The van der Waals surface area contributed by atoms with Crippen molar-refractivity contribution in [1.29, 1.82) is 0 Å². The summed E-state index contributed by atoms with van der Waals surface area (Å²) in [5, 5.41) is 4.11. The monoisotopic (exact) mass is 373 g/mol. The Labute approximate surface area is 122 Å². The number of halogens is 2. The normalized spacial score (nSPS) is 10.6. The predicted molar refractivity (Wildman–Crippen MR) is 78.6 cm³/mol. The van der Waals surface area contributed by atoms with Gasteiger partial charge < -0.3 is 10.5 Å². The number of aromatic nitrogens is 2. The average molecular weight is 375 g/mol. The van der Waals surface area contributed by atoms with Crippen molar-refractivity contribution in [3.8, 4) is 5.75 Å². The van der Waals surface area contributed by atoms with Crippen LogP contribution in [0.25, 0.3) is 0 Å². The van der Waals surface area contributed by atoms with Crippen LogP contribution in [-0.2, 0) is 6.54 Å². The van der Waals surface area contributed by atoms with Crippen molar-refractivity contribution in [1.82, 2.24) is 9.78 Å². The molecule has 0 amide bonds. The molecule has 0 saturated carbocycles. The first-order valence-corrected chi connectivity index (χ1v) is 7.11. The maximum Gasteiger partial charge on any atom is 0.147 e. The largest absolute Gasteiger partial charge is 0.491 e. The van der Waals surface area contributed by atoms with Gasteiger partial charge in [-0.25, -0.2) is 0 Å². The lowest BCUT2D eigenvalue weighted by atomic mass is 10.3. The molecule has 6 heteroatoms. The third-order valence-corrected chi connectivity index (χ3v) is 3.61. The summed E-state index contributed by atoms with van der Waals surface area (Å²) in [6.45, 7) is 1.42. The molecule has 0 spiro atoms. The molecule has 1 heterocycles. The van der Waals surface area contributed by atoms with E-state index in [0.29, 0.717) is 12.4 Å². The molecule has 2 rings (SSSR count). The van der Waals surface area contributed by atoms with Crippen molar-refractivity contribution in [2.75, 3.05) is 12.3 Å². The Hall–Kier alpha value is -1.01. The van der Waals surface area contributed by atoms with Gasteiger partial charge in [0.05, 0.1) is 15.6 Å². The van der Waals surface area contributed by atoms with Gasteiger partial charge in [-0.2, -0.15) is 5.10 Å². The third kappa shape index (κ3) is 3.49. The number of benzene rings is 1. The molecule has 0 saturated heterocycles. The van der Waals surface area contributed by atoms with Crippen LogP contribution in [0.5, 0.6) is 5.75 Å². The molecule has 2 N–H and O–H groups in total. The molecule has 0 aliphatic heterocycles. The number of ether oxygens (including phenoxy) is 1. The average Bonchev–Trinajstić information content (AvgIpc) is 2.73. The molecule has 0 bridgehead atoms. The minimum Gasteiger partial charge on any atom is -0.491 e. The summed E-state index contributed by atoms with van der Waals surface area (Å²) in [5.41, 5.74) is 5.54. The van der Waals surface area contributed by atoms with Crippen LogP contribution in [0.4, 0.5) is 5.82 Å². The smallest absolute Gasteiger partial charge is 0.147 e. The number of nitrogens with zero attached hydrogens (tertiary/aromatic N) is 2. The summed E-state index contributed by atoms with van der Waals surface area (Å²) in [6, 6.07) is 7.64. The second-order valence-electron chi connectivity index (χ2n) is 3.76. The summed E-state index contributed by atoms with van der Waals surface area (Å²) in [4.78, 5) is 0. The van der Waals surface area contributed by atoms with E-state index in [2.05, 4.69) is 37.0 Å². The van der Waals surface area contributed by atoms with Gasteiger partial charge in [-0.15, -0.1) is 0 Å². The molecule has 2 aromatic rings. The maximum atomic E-state index is 5.73. The summed E-state index contributed by atoms with van der Waals surface area (Å²) in [7, 11) is 0. The van der Waals surface area contributed by atoms with E-state index in [1.54, 1.807) is 6.07 Å². The highest BCUT2D eigenvalue weighted by Gasteiger charge is 2.05. The SMILES string of the molecule is Nc1ccn(CCCOc2c(Br)cccc2Br)n1. The van der Waals surface area contributed by atoms with Crippen molar-refractivity contribution in [2.45, 2.75) is 13.0 Å². The van der Waals surface area contributed by atoms with Gasteiger partial charge in [0.2, 0.25) is 0 Å². The molecule has 0 unspecified atom stereocenters. The molecular weight excluding hydrogens is 362 g/mol. The summed E-state index contributed by atoms with van der Waals surface area (Å²) in [5.74, 6) is 1.38. The fourth-order valence-electron chi connectivity index (χ4n) is 1.52. The topological polar surface area (TPSA) is 53.1 Å². The summed E-state index contributed by atoms with van der Waals surface area (Å²) < 4.78 is 9.43. The highest BCUT2D eigenvalue weighted by molar-refractivity contribution is 9.11. The molecular formula is C12H13Br2N3O. The fraction of sp³-hybridized carbons (Fsp3) is 0.250. The van der Waals surface area contributed by atoms with Crippen molar-refractivity contribution in [3.05, 3.63) is 39.4 Å². The van der Waals surface area contributed by atoms with Gasteiger partial charge >= 0.3 is 0 Å². The van der Waals surface area contributed by atoms with Crippen LogP contribution in [0, 0.1) is 0 Å². The Balaban J connectivity index is 1.82. The first kappa shape index (κ1) is 13.4. The van der Waals surface area contributed by atoms with Crippen molar-refractivity contribution in [2.24, 2.45) is 0 Å². The number of hydrogen-bond acceptors (Lipinski definition) is 3. The number of para-hydroxylation sites is 1. The molecule has 0 radical (unpaired) electrons. The zero-order valence-corrected chi connectivity index (χ0v) is 12.8. The van der Waals surface area contributed by atoms with E-state index in [1.165, 1.54) is 0 Å². The Morgan fingerprint density at radius 2 is 1.94 bits per heavy atom. The lowest BCUT2D eigenvalue weighted by Gasteiger charge is -2.09. The summed E-state index contributed by atoms with van der Waals surface area (Å²) >= 11 is 6.92. The molecule has 1 aromatic carbocycles. The maximum absolute atomic E-state index is 5.73. The highest BCUT2D eigenvalue weighted by atomic mass is 79.9. The zero-order valence-electron chi connectivity index (χ0n) is 9.64. The number of anilines is 1. The molecule has 96 valence electrons. The number of nitrogen functional groups attached to an aromatic ring is 1. The van der Waals surface area contributed by atoms with E-state index in [-0.39, 0.29) is 0 Å². The van der Waals surface area contributed by atoms with Crippen LogP contribution >= 0.6 is 31.9 Å².